The summed E-state index contributed by atoms with van der Waals surface area (Å²) >= 11 is 0. The van der Waals surface area contributed by atoms with Gasteiger partial charge >= 0.3 is 0 Å². The lowest BCUT2D eigenvalue weighted by Crippen LogP contribution is -2.47. The molecule has 9 heteroatoms. The summed E-state index contributed by atoms with van der Waals surface area (Å²) in [5.74, 6) is 0.253. The Labute approximate surface area is 118 Å². The summed E-state index contributed by atoms with van der Waals surface area (Å²) in [5, 5.41) is 11.5. The van der Waals surface area contributed by atoms with Gasteiger partial charge in [0.05, 0.1) is 6.04 Å². The molecule has 1 rings (SSSR count). The van der Waals surface area contributed by atoms with Gasteiger partial charge in [-0.2, -0.15) is 4.72 Å². The number of nitrogens with one attached hydrogen (secondary N) is 1. The number of oxime groups is 1. The smallest absolute Gasteiger partial charge is 0.260 e. The molecule has 1 aromatic heterocycles. The van der Waals surface area contributed by atoms with Gasteiger partial charge in [-0.15, -0.1) is 0 Å². The molecule has 0 saturated carbocycles. The van der Waals surface area contributed by atoms with Crippen LogP contribution >= 0.6 is 0 Å². The quantitative estimate of drug-likeness (QED) is 0.301. The summed E-state index contributed by atoms with van der Waals surface area (Å²) in [6, 6.07) is -0.794. The molecule has 8 nitrogen and oxygen atoms in total. The van der Waals surface area contributed by atoms with Gasteiger partial charge in [-0.1, -0.05) is 19.0 Å². The number of hydrogen-bond donors (Lipinski definition) is 3. The number of nitrogens with zero attached hydrogens (tertiary/aromatic N) is 3. The third-order valence-corrected chi connectivity index (χ3v) is 4.26. The Morgan fingerprint density at radius 3 is 2.60 bits per heavy atom. The van der Waals surface area contributed by atoms with Crippen molar-refractivity contribution in [1.29, 1.82) is 0 Å². The molecule has 0 spiro atoms. The van der Waals surface area contributed by atoms with E-state index in [2.05, 4.69) is 14.9 Å². The SMILES string of the molecule is CCn1cc(S(=O)(=O)NC(C(N)=NO)C(C)C)nc1C. The molecule has 0 saturated heterocycles. The monoisotopic (exact) mass is 303 g/mol. The lowest BCUT2D eigenvalue weighted by atomic mass is 10.1. The Morgan fingerprint density at radius 1 is 1.60 bits per heavy atom. The van der Waals surface area contributed by atoms with Crippen LogP contribution in [0, 0.1) is 12.8 Å². The van der Waals surface area contributed by atoms with E-state index in [0.29, 0.717) is 12.4 Å². The van der Waals surface area contributed by atoms with Gasteiger partial charge in [-0.05, 0) is 19.8 Å². The Bertz CT molecular complexity index is 591. The number of imidazole rings is 1. The summed E-state index contributed by atoms with van der Waals surface area (Å²) in [4.78, 5) is 4.02. The molecule has 114 valence electrons. The van der Waals surface area contributed by atoms with Crippen LogP contribution in [-0.4, -0.2) is 35.1 Å². The van der Waals surface area contributed by atoms with Gasteiger partial charge in [0, 0.05) is 12.7 Å². The number of nitrogens with two attached hydrogens (primary N) is 1. The number of amidine groups is 1. The number of aryl methyl sites for hydroxylation is 2. The Morgan fingerprint density at radius 2 is 2.20 bits per heavy atom. The van der Waals surface area contributed by atoms with E-state index in [1.807, 2.05) is 6.92 Å². The van der Waals surface area contributed by atoms with Gasteiger partial charge in [0.25, 0.3) is 10.0 Å². The van der Waals surface area contributed by atoms with Crippen LogP contribution in [0.25, 0.3) is 0 Å². The van der Waals surface area contributed by atoms with E-state index >= 15 is 0 Å². The molecule has 20 heavy (non-hydrogen) atoms. The maximum absolute atomic E-state index is 12.3. The van der Waals surface area contributed by atoms with Gasteiger partial charge in [0.15, 0.2) is 10.9 Å². The highest BCUT2D eigenvalue weighted by Gasteiger charge is 2.27. The fraction of sp³-hybridized carbons (Fsp3) is 0.636. The predicted molar refractivity (Wildman–Crippen MR) is 75.0 cm³/mol. The Kier molecular flexibility index (Phi) is 5.12. The molecule has 1 aromatic rings. The summed E-state index contributed by atoms with van der Waals surface area (Å²) < 4.78 is 28.7. The zero-order valence-corrected chi connectivity index (χ0v) is 12.8. The van der Waals surface area contributed by atoms with Crippen LogP contribution in [0.2, 0.25) is 0 Å². The fourth-order valence-corrected chi connectivity index (χ4v) is 3.12. The molecule has 1 atom stereocenters. The molecule has 0 amide bonds. The molecule has 0 aromatic carbocycles. The van der Waals surface area contributed by atoms with E-state index in [9.17, 15) is 8.42 Å². The molecule has 0 radical (unpaired) electrons. The van der Waals surface area contributed by atoms with Crippen molar-refractivity contribution < 1.29 is 13.6 Å². The third-order valence-electron chi connectivity index (χ3n) is 2.95. The van der Waals surface area contributed by atoms with Crippen molar-refractivity contribution in [2.45, 2.75) is 45.3 Å². The third kappa shape index (κ3) is 3.48. The van der Waals surface area contributed by atoms with Crippen LogP contribution in [0.15, 0.2) is 16.4 Å². The minimum absolute atomic E-state index is 0.0757. The van der Waals surface area contributed by atoms with Crippen molar-refractivity contribution in [3.63, 3.8) is 0 Å². The van der Waals surface area contributed by atoms with E-state index in [1.54, 1.807) is 25.3 Å². The molecule has 0 aliphatic rings. The van der Waals surface area contributed by atoms with Crippen molar-refractivity contribution in [2.24, 2.45) is 16.8 Å². The lowest BCUT2D eigenvalue weighted by Gasteiger charge is -2.19. The molecule has 1 unspecified atom stereocenters. The normalized spacial score (nSPS) is 14.8. The van der Waals surface area contributed by atoms with Gasteiger partial charge in [0.2, 0.25) is 0 Å². The Balaban J connectivity index is 3.09. The van der Waals surface area contributed by atoms with Crippen LogP contribution in [0.1, 0.15) is 26.6 Å². The average molecular weight is 303 g/mol. The van der Waals surface area contributed by atoms with Crippen molar-refractivity contribution in [3.05, 3.63) is 12.0 Å². The minimum Gasteiger partial charge on any atom is -0.409 e. The maximum atomic E-state index is 12.3. The highest BCUT2D eigenvalue weighted by atomic mass is 32.2. The van der Waals surface area contributed by atoms with Gasteiger partial charge in [-0.25, -0.2) is 13.4 Å². The van der Waals surface area contributed by atoms with E-state index in [-0.39, 0.29) is 16.8 Å². The first kappa shape index (κ1) is 16.4. The van der Waals surface area contributed by atoms with Crippen molar-refractivity contribution in [3.8, 4) is 0 Å². The second kappa shape index (κ2) is 6.23. The van der Waals surface area contributed by atoms with Crippen LogP contribution in [0.4, 0.5) is 0 Å². The summed E-state index contributed by atoms with van der Waals surface area (Å²) in [5.41, 5.74) is 5.51. The van der Waals surface area contributed by atoms with Gasteiger partial charge < -0.3 is 15.5 Å². The highest BCUT2D eigenvalue weighted by molar-refractivity contribution is 7.89. The standard InChI is InChI=1S/C11H21N5O3S/c1-5-16-6-9(13-8(16)4)20(18,19)15-10(7(2)3)11(12)14-17/h6-7,10,15,17H,5H2,1-4H3,(H2,12,14). The molecular weight excluding hydrogens is 282 g/mol. The topological polar surface area (TPSA) is 123 Å². The average Bonchev–Trinajstić information content (AvgIpc) is 2.77. The predicted octanol–water partition coefficient (Wildman–Crippen LogP) is 0.261. The van der Waals surface area contributed by atoms with E-state index in [4.69, 9.17) is 10.9 Å². The minimum atomic E-state index is -3.83. The lowest BCUT2D eigenvalue weighted by molar-refractivity contribution is 0.313. The highest BCUT2D eigenvalue weighted by Crippen LogP contribution is 2.12. The summed E-state index contributed by atoms with van der Waals surface area (Å²) in [6.45, 7) is 7.78. The number of sulfonamides is 1. The largest absolute Gasteiger partial charge is 0.409 e. The Hall–Kier alpha value is -1.61. The van der Waals surface area contributed by atoms with E-state index < -0.39 is 16.1 Å². The summed E-state index contributed by atoms with van der Waals surface area (Å²) in [6.07, 6.45) is 1.46. The number of hydrogen-bond acceptors (Lipinski definition) is 5. The zero-order valence-electron chi connectivity index (χ0n) is 12.0. The summed E-state index contributed by atoms with van der Waals surface area (Å²) in [7, 11) is -3.83. The van der Waals surface area contributed by atoms with Crippen LogP contribution in [0.5, 0.6) is 0 Å². The second-order valence-corrected chi connectivity index (χ2v) is 6.44. The molecule has 0 fully saturated rings. The van der Waals surface area contributed by atoms with Crippen LogP contribution < -0.4 is 10.5 Å². The van der Waals surface area contributed by atoms with Crippen LogP contribution in [-0.2, 0) is 16.6 Å². The molecule has 0 aliphatic carbocycles. The van der Waals surface area contributed by atoms with Crippen molar-refractivity contribution in [1.82, 2.24) is 14.3 Å². The molecule has 0 bridgehead atoms. The molecule has 4 N–H and O–H groups in total. The first-order valence-corrected chi connectivity index (χ1v) is 7.74. The zero-order chi connectivity index (χ0) is 15.5. The van der Waals surface area contributed by atoms with Crippen LogP contribution in [0.3, 0.4) is 0 Å². The van der Waals surface area contributed by atoms with Gasteiger partial charge in [0.1, 0.15) is 5.82 Å². The molecule has 0 aliphatic heterocycles. The van der Waals surface area contributed by atoms with Gasteiger partial charge in [-0.3, -0.25) is 0 Å². The first-order valence-electron chi connectivity index (χ1n) is 6.26. The van der Waals surface area contributed by atoms with E-state index in [1.165, 1.54) is 6.20 Å². The maximum Gasteiger partial charge on any atom is 0.260 e. The number of aromatic nitrogens is 2. The fourth-order valence-electron chi connectivity index (χ4n) is 1.76. The molecule has 1 heterocycles. The van der Waals surface area contributed by atoms with Crippen molar-refractivity contribution >= 4 is 15.9 Å². The van der Waals surface area contributed by atoms with E-state index in [0.717, 1.165) is 0 Å². The second-order valence-electron chi connectivity index (χ2n) is 4.78. The van der Waals surface area contributed by atoms with Crippen molar-refractivity contribution in [2.75, 3.05) is 0 Å². The molecular formula is C11H21N5O3S. The first-order chi connectivity index (χ1) is 9.22. The number of rotatable bonds is 6.